The highest BCUT2D eigenvalue weighted by Crippen LogP contribution is 2.67. The standard InChI is InChI=1S/C43H52N4O9S/c1-21(48)28-13-14-29-27-12-9-24-19-26(49)15-17-42(24,5)33(27)30(20-43(28,29)6)55-18-16-31(50)44-25-10-7-23(8-11-25)34-32(22(2)56-46-34)37(51)45-35-38(52)47-36(40(53)54)41(3,4)57-39(35)47/h7-8,10-11,19,27-30,33,35-36,39H,9,12-18,20H2,1-6H3,(H,44,50)(H,45,51)(H,53,54). The molecule has 3 heterocycles. The molecule has 1 aromatic heterocycles. The van der Waals surface area contributed by atoms with Gasteiger partial charge in [0.25, 0.3) is 5.91 Å². The molecule has 3 amide bonds. The van der Waals surface area contributed by atoms with E-state index < -0.39 is 40.0 Å². The van der Waals surface area contributed by atoms with Crippen LogP contribution < -0.4 is 10.6 Å². The predicted octanol–water partition coefficient (Wildman–Crippen LogP) is 5.96. The van der Waals surface area contributed by atoms with Crippen LogP contribution in [0.25, 0.3) is 11.3 Å². The van der Waals surface area contributed by atoms with Crippen LogP contribution in [0.15, 0.2) is 40.4 Å². The number of benzene rings is 1. The second-order valence-corrected chi connectivity index (χ2v) is 19.9. The molecule has 304 valence electrons. The van der Waals surface area contributed by atoms with E-state index in [0.29, 0.717) is 29.5 Å². The molecule has 2 saturated heterocycles. The molecule has 5 fully saturated rings. The molecular formula is C43H52N4O9S. The number of β-lactam (4-membered cyclic amide) rings is 1. The fourth-order valence-corrected chi connectivity index (χ4v) is 13.5. The Kier molecular flexibility index (Phi) is 9.85. The van der Waals surface area contributed by atoms with Crippen molar-refractivity contribution in [3.05, 3.63) is 47.2 Å². The first-order valence-corrected chi connectivity index (χ1v) is 21.1. The lowest BCUT2D eigenvalue weighted by Gasteiger charge is -2.60. The second-order valence-electron chi connectivity index (χ2n) is 18.1. The first-order chi connectivity index (χ1) is 26.9. The maximum absolute atomic E-state index is 13.6. The van der Waals surface area contributed by atoms with Gasteiger partial charge in [-0.25, -0.2) is 4.79 Å². The summed E-state index contributed by atoms with van der Waals surface area (Å²) in [5, 5.41) is 19.1. The lowest BCUT2D eigenvalue weighted by atomic mass is 9.46. The number of hydrogen-bond acceptors (Lipinski definition) is 10. The Bertz CT molecular complexity index is 2080. The van der Waals surface area contributed by atoms with Gasteiger partial charge in [-0.15, -0.1) is 11.8 Å². The van der Waals surface area contributed by atoms with Gasteiger partial charge >= 0.3 is 5.97 Å². The number of aromatic nitrogens is 1. The van der Waals surface area contributed by atoms with Crippen LogP contribution >= 0.6 is 11.8 Å². The molecule has 6 aliphatic rings. The van der Waals surface area contributed by atoms with Crippen LogP contribution in [0.3, 0.4) is 0 Å². The van der Waals surface area contributed by atoms with Crippen molar-refractivity contribution in [2.75, 3.05) is 11.9 Å². The quantitative estimate of drug-likeness (QED) is 0.241. The molecule has 2 aromatic rings. The number of Topliss-reactive ketones (excluding diaryl/α,β-unsaturated/α-hetero) is 1. The van der Waals surface area contributed by atoms with Crippen molar-refractivity contribution in [3.63, 3.8) is 0 Å². The van der Waals surface area contributed by atoms with E-state index >= 15 is 0 Å². The molecule has 57 heavy (non-hydrogen) atoms. The van der Waals surface area contributed by atoms with Crippen molar-refractivity contribution in [2.24, 2.45) is 34.5 Å². The molecule has 14 heteroatoms. The predicted molar refractivity (Wildman–Crippen MR) is 211 cm³/mol. The number of ketones is 2. The smallest absolute Gasteiger partial charge is 0.327 e. The highest BCUT2D eigenvalue weighted by Gasteiger charge is 2.65. The summed E-state index contributed by atoms with van der Waals surface area (Å²) < 4.78 is 11.4. The minimum atomic E-state index is -1.08. The molecule has 1 aromatic carbocycles. The number of amides is 3. The van der Waals surface area contributed by atoms with Crippen LogP contribution in [-0.4, -0.2) is 85.3 Å². The molecule has 4 aliphatic carbocycles. The van der Waals surface area contributed by atoms with Crippen LogP contribution in [0.4, 0.5) is 5.69 Å². The van der Waals surface area contributed by atoms with Gasteiger partial charge < -0.3 is 29.9 Å². The van der Waals surface area contributed by atoms with E-state index in [2.05, 4.69) is 29.6 Å². The van der Waals surface area contributed by atoms with E-state index in [-0.39, 0.29) is 76.3 Å². The highest BCUT2D eigenvalue weighted by molar-refractivity contribution is 8.01. The van der Waals surface area contributed by atoms with Crippen LogP contribution in [-0.2, 0) is 28.7 Å². The van der Waals surface area contributed by atoms with Crippen molar-refractivity contribution in [1.82, 2.24) is 15.4 Å². The first kappa shape index (κ1) is 39.5. The lowest BCUT2D eigenvalue weighted by molar-refractivity contribution is -0.159. The number of carbonyl (C=O) groups excluding carboxylic acids is 5. The third-order valence-corrected chi connectivity index (χ3v) is 16.1. The fourth-order valence-electron chi connectivity index (χ4n) is 11.9. The largest absolute Gasteiger partial charge is 0.480 e. The molecule has 0 bridgehead atoms. The zero-order valence-corrected chi connectivity index (χ0v) is 34.2. The van der Waals surface area contributed by atoms with Gasteiger partial charge in [-0.1, -0.05) is 36.7 Å². The summed E-state index contributed by atoms with van der Waals surface area (Å²) in [5.74, 6) is -0.515. The van der Waals surface area contributed by atoms with Crippen molar-refractivity contribution in [2.45, 2.75) is 121 Å². The number of hydrogen-bond donors (Lipinski definition) is 3. The van der Waals surface area contributed by atoms with E-state index in [1.54, 1.807) is 52.0 Å². The number of fused-ring (bicyclic) bond motifs is 6. The zero-order chi connectivity index (χ0) is 40.8. The maximum atomic E-state index is 13.6. The van der Waals surface area contributed by atoms with E-state index in [0.717, 1.165) is 38.5 Å². The number of ether oxygens (including phenoxy) is 1. The van der Waals surface area contributed by atoms with Crippen LogP contribution in [0.2, 0.25) is 0 Å². The highest BCUT2D eigenvalue weighted by atomic mass is 32.2. The van der Waals surface area contributed by atoms with Gasteiger partial charge in [0, 0.05) is 28.3 Å². The van der Waals surface area contributed by atoms with Gasteiger partial charge in [-0.3, -0.25) is 24.0 Å². The summed E-state index contributed by atoms with van der Waals surface area (Å²) in [7, 11) is 0. The number of allylic oxidation sites excluding steroid dienone is 1. The molecule has 3 saturated carbocycles. The number of rotatable bonds is 10. The monoisotopic (exact) mass is 800 g/mol. The third-order valence-electron chi connectivity index (χ3n) is 14.5. The number of anilines is 1. The Morgan fingerprint density at radius 2 is 1.79 bits per heavy atom. The van der Waals surface area contributed by atoms with Crippen molar-refractivity contribution in [3.8, 4) is 11.3 Å². The van der Waals surface area contributed by atoms with Gasteiger partial charge in [0.15, 0.2) is 5.78 Å². The Labute approximate surface area is 336 Å². The summed E-state index contributed by atoms with van der Waals surface area (Å²) in [6.45, 7) is 11.7. The van der Waals surface area contributed by atoms with E-state index in [1.165, 1.54) is 22.2 Å². The second kappa shape index (κ2) is 14.2. The maximum Gasteiger partial charge on any atom is 0.327 e. The minimum Gasteiger partial charge on any atom is -0.480 e. The fraction of sp³-hybridized carbons (Fsp3) is 0.605. The molecule has 0 spiro atoms. The summed E-state index contributed by atoms with van der Waals surface area (Å²) in [4.78, 5) is 78.4. The molecule has 3 N–H and O–H groups in total. The van der Waals surface area contributed by atoms with E-state index in [9.17, 15) is 33.9 Å². The molecule has 0 radical (unpaired) electrons. The minimum absolute atomic E-state index is 0.00950. The normalized spacial score (nSPS) is 34.9. The number of aliphatic carboxylic acids is 1. The Morgan fingerprint density at radius 3 is 2.49 bits per heavy atom. The number of carboxylic acid groups (broad SMARTS) is 1. The SMILES string of the molecule is CC(=O)C1CCC2C3CCC4=CC(=O)CCC4(C)C3C(OCCC(=O)Nc3ccc(-c4noc(C)c4C(=O)NC4C(=O)N5C4SC(C)(C)C5C(=O)O)cc3)CC12C. The molecule has 2 aliphatic heterocycles. The van der Waals surface area contributed by atoms with Crippen LogP contribution in [0.1, 0.15) is 102 Å². The Morgan fingerprint density at radius 1 is 1.05 bits per heavy atom. The molecule has 8 rings (SSSR count). The number of carboxylic acids is 1. The Hall–Kier alpha value is -4.30. The number of nitrogens with zero attached hydrogens (tertiary/aromatic N) is 2. The summed E-state index contributed by atoms with van der Waals surface area (Å²) >= 11 is 1.35. The number of aryl methyl sites for hydroxylation is 1. The number of carbonyl (C=O) groups is 6. The van der Waals surface area contributed by atoms with Crippen molar-refractivity contribution in [1.29, 1.82) is 0 Å². The third kappa shape index (κ3) is 6.45. The molecule has 13 nitrogen and oxygen atoms in total. The lowest BCUT2D eigenvalue weighted by Crippen LogP contribution is -2.70. The number of nitrogens with one attached hydrogen (secondary N) is 2. The molecular weight excluding hydrogens is 749 g/mol. The summed E-state index contributed by atoms with van der Waals surface area (Å²) in [6, 6.07) is 5.00. The van der Waals surface area contributed by atoms with Gasteiger partial charge in [0.2, 0.25) is 11.8 Å². The van der Waals surface area contributed by atoms with Gasteiger partial charge in [-0.2, -0.15) is 0 Å². The summed E-state index contributed by atoms with van der Waals surface area (Å²) in [5.41, 5.74) is 2.50. The van der Waals surface area contributed by atoms with E-state index in [1.807, 2.05) is 6.08 Å². The number of thioether (sulfide) groups is 1. The van der Waals surface area contributed by atoms with Gasteiger partial charge in [-0.05, 0) is 113 Å². The first-order valence-electron chi connectivity index (χ1n) is 20.2. The Balaban J connectivity index is 0.910. The van der Waals surface area contributed by atoms with Crippen LogP contribution in [0.5, 0.6) is 0 Å². The van der Waals surface area contributed by atoms with Crippen molar-refractivity contribution >= 4 is 52.7 Å². The van der Waals surface area contributed by atoms with Gasteiger partial charge in [0.05, 0.1) is 19.1 Å². The molecule has 10 unspecified atom stereocenters. The zero-order valence-electron chi connectivity index (χ0n) is 33.4. The summed E-state index contributed by atoms with van der Waals surface area (Å²) in [6.07, 6.45) is 7.86. The van der Waals surface area contributed by atoms with E-state index in [4.69, 9.17) is 9.26 Å². The van der Waals surface area contributed by atoms with Gasteiger partial charge in [0.1, 0.15) is 40.3 Å². The van der Waals surface area contributed by atoms with Crippen molar-refractivity contribution < 1.29 is 43.1 Å². The average Bonchev–Trinajstić information content (AvgIpc) is 3.79. The van der Waals surface area contributed by atoms with Crippen LogP contribution in [0, 0.1) is 41.4 Å². The topological polar surface area (TPSA) is 185 Å². The average molecular weight is 801 g/mol. The molecule has 10 atom stereocenters.